The lowest BCUT2D eigenvalue weighted by Crippen LogP contribution is -2.10. The van der Waals surface area contributed by atoms with Gasteiger partial charge < -0.3 is 0 Å². The van der Waals surface area contributed by atoms with Crippen LogP contribution in [0.4, 0.5) is 0 Å². The third kappa shape index (κ3) is 2.61. The first-order valence-electron chi connectivity index (χ1n) is 9.39. The molecule has 10 heteroatoms. The molecule has 0 atom stereocenters. The summed E-state index contributed by atoms with van der Waals surface area (Å²) in [7, 11) is -10.0. The Labute approximate surface area is 181 Å². The Kier molecular flexibility index (Phi) is 3.66. The van der Waals surface area contributed by atoms with Gasteiger partial charge in [-0.15, -0.1) is 0 Å². The number of rotatable bonds is 2. The Balaban J connectivity index is 1.85. The second-order valence-corrected chi connectivity index (χ2v) is 10.3. The van der Waals surface area contributed by atoms with Crippen LogP contribution in [-0.2, 0) is 20.2 Å². The molecule has 0 radical (unpaired) electrons. The molecule has 1 aliphatic carbocycles. The fraction of sp³-hybridized carbons (Fsp3) is 0. The molecule has 32 heavy (non-hydrogen) atoms. The van der Waals surface area contributed by atoms with E-state index in [1.54, 1.807) is 24.3 Å². The summed E-state index contributed by atoms with van der Waals surface area (Å²) in [4.78, 5) is 7.52. The third-order valence-electron chi connectivity index (χ3n) is 5.64. The fourth-order valence-corrected chi connectivity index (χ4v) is 6.40. The first kappa shape index (κ1) is 19.3. The molecule has 1 aromatic heterocycles. The molecule has 8 nitrogen and oxygen atoms in total. The third-order valence-corrected chi connectivity index (χ3v) is 7.59. The average molecular weight is 464 g/mol. The Bertz CT molecular complexity index is 1880. The van der Waals surface area contributed by atoms with Gasteiger partial charge in [0.1, 0.15) is 9.79 Å². The predicted molar refractivity (Wildman–Crippen MR) is 119 cm³/mol. The van der Waals surface area contributed by atoms with Crippen LogP contribution in [-0.4, -0.2) is 35.9 Å². The van der Waals surface area contributed by atoms with E-state index in [2.05, 4.69) is 4.98 Å². The van der Waals surface area contributed by atoms with Crippen molar-refractivity contribution in [2.24, 2.45) is 0 Å². The average Bonchev–Trinajstić information content (AvgIpc) is 3.04. The molecule has 158 valence electrons. The quantitative estimate of drug-likeness (QED) is 0.289. The van der Waals surface area contributed by atoms with E-state index < -0.39 is 30.0 Å². The standard InChI is InChI=1S/C22H12N2O6S2/c25-31(26,27)17-10-13-6-3-7-14-18(13)19(22(17)32(28,29)30)21-20(14)23-15-8-11-4-1-2-5-12(11)9-16(15)24-21/h1-10H,(H,25,26,27)(H,28,29,30). The van der Waals surface area contributed by atoms with Crippen LogP contribution < -0.4 is 0 Å². The highest BCUT2D eigenvalue weighted by Crippen LogP contribution is 2.50. The van der Waals surface area contributed by atoms with Gasteiger partial charge in [-0.2, -0.15) is 16.8 Å². The predicted octanol–water partition coefficient (Wildman–Crippen LogP) is 4.08. The van der Waals surface area contributed by atoms with Crippen molar-refractivity contribution in [2.75, 3.05) is 0 Å². The maximum Gasteiger partial charge on any atom is 0.296 e. The van der Waals surface area contributed by atoms with Gasteiger partial charge >= 0.3 is 0 Å². The summed E-state index contributed by atoms with van der Waals surface area (Å²) in [5.41, 5.74) is 2.01. The number of nitrogens with zero attached hydrogens (tertiary/aromatic N) is 2. The summed E-state index contributed by atoms with van der Waals surface area (Å²) >= 11 is 0. The number of benzene rings is 4. The Morgan fingerprint density at radius 3 is 1.84 bits per heavy atom. The molecule has 0 amide bonds. The molecule has 1 heterocycles. The van der Waals surface area contributed by atoms with E-state index in [1.165, 1.54) is 0 Å². The second kappa shape index (κ2) is 6.08. The van der Waals surface area contributed by atoms with Crippen molar-refractivity contribution in [3.05, 3.63) is 60.7 Å². The van der Waals surface area contributed by atoms with Crippen LogP contribution in [0.2, 0.25) is 0 Å². The SMILES string of the molecule is O=S(=O)(O)c1cc2cccc3c2c(c1S(=O)(=O)O)-c1nc2cc4ccccc4cc2nc1-3. The Morgan fingerprint density at radius 1 is 0.656 bits per heavy atom. The first-order valence-corrected chi connectivity index (χ1v) is 12.3. The molecule has 2 N–H and O–H groups in total. The number of fused-ring (bicyclic) bond motifs is 5. The number of hydrogen-bond donors (Lipinski definition) is 2. The lowest BCUT2D eigenvalue weighted by Gasteiger charge is -2.11. The molecule has 5 aromatic rings. The van der Waals surface area contributed by atoms with Gasteiger partial charge in [0.05, 0.1) is 22.4 Å². The zero-order valence-electron chi connectivity index (χ0n) is 16.0. The highest BCUT2D eigenvalue weighted by molar-refractivity contribution is 7.89. The molecule has 4 aromatic carbocycles. The molecule has 0 saturated heterocycles. The summed E-state index contributed by atoms with van der Waals surface area (Å²) in [5, 5.41) is 2.61. The maximum atomic E-state index is 12.3. The molecule has 0 saturated carbocycles. The molecule has 1 aliphatic rings. The van der Waals surface area contributed by atoms with Gasteiger partial charge in [-0.25, -0.2) is 9.97 Å². The first-order chi connectivity index (χ1) is 15.1. The van der Waals surface area contributed by atoms with Gasteiger partial charge in [-0.3, -0.25) is 9.11 Å². The summed E-state index contributed by atoms with van der Waals surface area (Å²) in [6.07, 6.45) is 0. The largest absolute Gasteiger partial charge is 0.296 e. The Hall–Kier alpha value is -3.44. The zero-order valence-corrected chi connectivity index (χ0v) is 17.6. The van der Waals surface area contributed by atoms with E-state index in [1.807, 2.05) is 30.3 Å². The van der Waals surface area contributed by atoms with E-state index in [0.29, 0.717) is 33.1 Å². The summed E-state index contributed by atoms with van der Waals surface area (Å²) in [6, 6.07) is 17.3. The van der Waals surface area contributed by atoms with Crippen LogP contribution in [0.1, 0.15) is 0 Å². The summed E-state index contributed by atoms with van der Waals surface area (Å²) < 4.78 is 68.4. The van der Waals surface area contributed by atoms with Crippen molar-refractivity contribution < 1.29 is 25.9 Å². The molecule has 0 spiro atoms. The van der Waals surface area contributed by atoms with Gasteiger partial charge in [0.25, 0.3) is 20.2 Å². The van der Waals surface area contributed by atoms with Crippen LogP contribution in [0.3, 0.4) is 0 Å². The van der Waals surface area contributed by atoms with Crippen LogP contribution >= 0.6 is 0 Å². The van der Waals surface area contributed by atoms with E-state index in [-0.39, 0.29) is 11.3 Å². The molecule has 0 fully saturated rings. The van der Waals surface area contributed by atoms with Crippen LogP contribution in [0.5, 0.6) is 0 Å². The maximum absolute atomic E-state index is 12.3. The van der Waals surface area contributed by atoms with Gasteiger partial charge in [0, 0.05) is 16.5 Å². The highest BCUT2D eigenvalue weighted by Gasteiger charge is 2.36. The lowest BCUT2D eigenvalue weighted by atomic mass is 10.0. The van der Waals surface area contributed by atoms with Crippen LogP contribution in [0.25, 0.3) is 55.1 Å². The van der Waals surface area contributed by atoms with Crippen molar-refractivity contribution in [3.63, 3.8) is 0 Å². The topological polar surface area (TPSA) is 135 Å². The minimum Gasteiger partial charge on any atom is -0.282 e. The van der Waals surface area contributed by atoms with Gasteiger partial charge in [-0.05, 0) is 34.4 Å². The second-order valence-electron chi connectivity index (χ2n) is 7.54. The van der Waals surface area contributed by atoms with Gasteiger partial charge in [0.2, 0.25) is 0 Å². The monoisotopic (exact) mass is 464 g/mol. The number of hydrogen-bond acceptors (Lipinski definition) is 6. The van der Waals surface area contributed by atoms with E-state index in [0.717, 1.165) is 16.8 Å². The summed E-state index contributed by atoms with van der Waals surface area (Å²) in [5.74, 6) is 0. The van der Waals surface area contributed by atoms with Crippen molar-refractivity contribution in [1.29, 1.82) is 0 Å². The smallest absolute Gasteiger partial charge is 0.282 e. The van der Waals surface area contributed by atoms with Crippen LogP contribution in [0.15, 0.2) is 70.5 Å². The highest BCUT2D eigenvalue weighted by atomic mass is 32.2. The normalized spacial score (nSPS) is 13.2. The Morgan fingerprint density at radius 2 is 1.25 bits per heavy atom. The molecular weight excluding hydrogens is 452 g/mol. The van der Waals surface area contributed by atoms with Crippen molar-refractivity contribution in [1.82, 2.24) is 9.97 Å². The molecule has 6 rings (SSSR count). The minimum atomic E-state index is -5.06. The van der Waals surface area contributed by atoms with Crippen molar-refractivity contribution in [2.45, 2.75) is 9.79 Å². The molecular formula is C22H12N2O6S2. The molecule has 0 bridgehead atoms. The van der Waals surface area contributed by atoms with E-state index in [9.17, 15) is 25.9 Å². The van der Waals surface area contributed by atoms with Crippen LogP contribution in [0, 0.1) is 0 Å². The van der Waals surface area contributed by atoms with Crippen molar-refractivity contribution >= 4 is 52.8 Å². The van der Waals surface area contributed by atoms with E-state index in [4.69, 9.17) is 4.98 Å². The minimum absolute atomic E-state index is 0.0919. The lowest BCUT2D eigenvalue weighted by molar-refractivity contribution is 0.467. The van der Waals surface area contributed by atoms with Gasteiger partial charge in [-0.1, -0.05) is 42.5 Å². The van der Waals surface area contributed by atoms with Gasteiger partial charge in [0.15, 0.2) is 0 Å². The molecule has 0 unspecified atom stereocenters. The zero-order chi connectivity index (χ0) is 22.4. The molecule has 0 aliphatic heterocycles. The fourth-order valence-electron chi connectivity index (χ4n) is 4.39. The summed E-state index contributed by atoms with van der Waals surface area (Å²) in [6.45, 7) is 0. The van der Waals surface area contributed by atoms with E-state index >= 15 is 0 Å². The van der Waals surface area contributed by atoms with Crippen molar-refractivity contribution in [3.8, 4) is 22.5 Å². The number of aromatic nitrogens is 2.